The van der Waals surface area contributed by atoms with Crippen LogP contribution in [0.15, 0.2) is 23.4 Å². The Morgan fingerprint density at radius 3 is 3.00 bits per heavy atom. The molecule has 1 saturated heterocycles. The van der Waals surface area contributed by atoms with Crippen molar-refractivity contribution in [1.29, 1.82) is 0 Å². The standard InChI is InChI=1S/C19H23N7O/c1-25(2)18-23-14-12(17(27)24-18)4-7-19(14)6-3-9-26(10-19)16-13-5-8-20-15(13)21-11-22-16/h5,8,11H,3-4,6-7,9-10H2,1-2H3,(H,20,21,22)(H,23,24,27). The van der Waals surface area contributed by atoms with Crippen LogP contribution in [0.5, 0.6) is 0 Å². The molecule has 1 atom stereocenters. The summed E-state index contributed by atoms with van der Waals surface area (Å²) in [6, 6.07) is 2.03. The highest BCUT2D eigenvalue weighted by Gasteiger charge is 2.45. The molecule has 1 aliphatic carbocycles. The molecule has 4 heterocycles. The molecule has 140 valence electrons. The van der Waals surface area contributed by atoms with Crippen LogP contribution in [0.4, 0.5) is 11.8 Å². The number of nitrogens with zero attached hydrogens (tertiary/aromatic N) is 5. The van der Waals surface area contributed by atoms with Crippen LogP contribution in [-0.4, -0.2) is 52.1 Å². The Kier molecular flexibility index (Phi) is 3.50. The first kappa shape index (κ1) is 16.3. The predicted octanol–water partition coefficient (Wildman–Crippen LogP) is 1.59. The quantitative estimate of drug-likeness (QED) is 0.716. The maximum absolute atomic E-state index is 12.6. The summed E-state index contributed by atoms with van der Waals surface area (Å²) < 4.78 is 0. The van der Waals surface area contributed by atoms with E-state index in [-0.39, 0.29) is 11.0 Å². The van der Waals surface area contributed by atoms with Gasteiger partial charge >= 0.3 is 0 Å². The largest absolute Gasteiger partial charge is 0.355 e. The minimum Gasteiger partial charge on any atom is -0.355 e. The van der Waals surface area contributed by atoms with Crippen LogP contribution in [-0.2, 0) is 11.8 Å². The van der Waals surface area contributed by atoms with Crippen molar-refractivity contribution in [1.82, 2.24) is 24.9 Å². The lowest BCUT2D eigenvalue weighted by atomic mass is 9.77. The fourth-order valence-electron chi connectivity index (χ4n) is 4.67. The average molecular weight is 365 g/mol. The summed E-state index contributed by atoms with van der Waals surface area (Å²) in [7, 11) is 3.81. The van der Waals surface area contributed by atoms with Gasteiger partial charge < -0.3 is 14.8 Å². The first-order valence-corrected chi connectivity index (χ1v) is 9.41. The van der Waals surface area contributed by atoms with Gasteiger partial charge in [0.2, 0.25) is 5.95 Å². The lowest BCUT2D eigenvalue weighted by Crippen LogP contribution is -2.46. The van der Waals surface area contributed by atoms with Crippen LogP contribution >= 0.6 is 0 Å². The summed E-state index contributed by atoms with van der Waals surface area (Å²) in [5, 5.41) is 1.04. The molecule has 8 nitrogen and oxygen atoms in total. The molecule has 8 heteroatoms. The molecule has 2 aliphatic rings. The third-order valence-electron chi connectivity index (χ3n) is 5.99. The number of hydrogen-bond donors (Lipinski definition) is 2. The van der Waals surface area contributed by atoms with Crippen molar-refractivity contribution in [2.45, 2.75) is 31.1 Å². The van der Waals surface area contributed by atoms with E-state index in [9.17, 15) is 4.79 Å². The molecule has 1 unspecified atom stereocenters. The van der Waals surface area contributed by atoms with E-state index in [0.717, 1.165) is 66.9 Å². The maximum atomic E-state index is 12.6. The summed E-state index contributed by atoms with van der Waals surface area (Å²) in [5.41, 5.74) is 2.62. The fourth-order valence-corrected chi connectivity index (χ4v) is 4.67. The van der Waals surface area contributed by atoms with Gasteiger partial charge in [-0.1, -0.05) is 0 Å². The van der Waals surface area contributed by atoms with Gasteiger partial charge in [-0.2, -0.15) is 0 Å². The van der Waals surface area contributed by atoms with Crippen LogP contribution < -0.4 is 15.4 Å². The van der Waals surface area contributed by atoms with E-state index < -0.39 is 0 Å². The maximum Gasteiger partial charge on any atom is 0.255 e. The van der Waals surface area contributed by atoms with Crippen molar-refractivity contribution in [3.63, 3.8) is 0 Å². The Balaban J connectivity index is 1.58. The molecule has 0 radical (unpaired) electrons. The van der Waals surface area contributed by atoms with E-state index in [1.165, 1.54) is 0 Å². The molecule has 27 heavy (non-hydrogen) atoms. The summed E-state index contributed by atoms with van der Waals surface area (Å²) >= 11 is 0. The lowest BCUT2D eigenvalue weighted by molar-refractivity contribution is 0.333. The van der Waals surface area contributed by atoms with Gasteiger partial charge in [0.05, 0.1) is 11.1 Å². The highest BCUT2D eigenvalue weighted by molar-refractivity contribution is 5.87. The fraction of sp³-hybridized carbons (Fsp3) is 0.474. The van der Waals surface area contributed by atoms with Gasteiger partial charge in [0.1, 0.15) is 17.8 Å². The number of anilines is 2. The molecular weight excluding hydrogens is 342 g/mol. The molecule has 3 aromatic heterocycles. The molecule has 3 aromatic rings. The Hall–Kier alpha value is -2.90. The number of fused-ring (bicyclic) bond motifs is 3. The van der Waals surface area contributed by atoms with Crippen LogP contribution in [0.25, 0.3) is 11.0 Å². The van der Waals surface area contributed by atoms with Crippen molar-refractivity contribution < 1.29 is 0 Å². The van der Waals surface area contributed by atoms with Gasteiger partial charge in [-0.3, -0.25) is 9.78 Å². The van der Waals surface area contributed by atoms with Gasteiger partial charge in [0.15, 0.2) is 0 Å². The minimum absolute atomic E-state index is 0.00718. The summed E-state index contributed by atoms with van der Waals surface area (Å²) in [6.07, 6.45) is 7.39. The molecule has 5 rings (SSSR count). The number of aromatic nitrogens is 5. The SMILES string of the molecule is CN(C)c1nc2c(c(=O)[nH]1)CCC21CCCN(c2ncnc3[nH]ccc23)C1. The van der Waals surface area contributed by atoms with Crippen LogP contribution in [0.1, 0.15) is 30.5 Å². The van der Waals surface area contributed by atoms with Crippen LogP contribution in [0.2, 0.25) is 0 Å². The molecule has 0 saturated carbocycles. The Morgan fingerprint density at radius 1 is 1.26 bits per heavy atom. The number of rotatable bonds is 2. The third-order valence-corrected chi connectivity index (χ3v) is 5.99. The second-order valence-electron chi connectivity index (χ2n) is 7.85. The molecule has 0 amide bonds. The van der Waals surface area contributed by atoms with Crippen molar-refractivity contribution in [2.24, 2.45) is 0 Å². The average Bonchev–Trinajstić information content (AvgIpc) is 3.27. The van der Waals surface area contributed by atoms with E-state index in [2.05, 4.69) is 24.8 Å². The van der Waals surface area contributed by atoms with Gasteiger partial charge in [-0.05, 0) is 31.7 Å². The first-order valence-electron chi connectivity index (χ1n) is 9.41. The van der Waals surface area contributed by atoms with E-state index in [1.807, 2.05) is 31.3 Å². The van der Waals surface area contributed by atoms with Gasteiger partial charge in [-0.25, -0.2) is 15.0 Å². The Labute approximate surface area is 156 Å². The highest BCUT2D eigenvalue weighted by Crippen LogP contribution is 2.44. The Bertz CT molecular complexity index is 1070. The summed E-state index contributed by atoms with van der Waals surface area (Å²) in [4.78, 5) is 36.6. The molecule has 0 aromatic carbocycles. The van der Waals surface area contributed by atoms with E-state index >= 15 is 0 Å². The van der Waals surface area contributed by atoms with Crippen molar-refractivity contribution >= 4 is 22.8 Å². The normalized spacial score (nSPS) is 21.8. The number of nitrogens with one attached hydrogen (secondary N) is 2. The topological polar surface area (TPSA) is 93.8 Å². The molecular formula is C19H23N7O. The molecule has 1 spiro atoms. The summed E-state index contributed by atoms with van der Waals surface area (Å²) in [5.74, 6) is 1.60. The monoisotopic (exact) mass is 365 g/mol. The van der Waals surface area contributed by atoms with Crippen molar-refractivity contribution in [2.75, 3.05) is 37.0 Å². The van der Waals surface area contributed by atoms with Crippen LogP contribution in [0.3, 0.4) is 0 Å². The van der Waals surface area contributed by atoms with E-state index in [4.69, 9.17) is 4.98 Å². The molecule has 1 aliphatic heterocycles. The number of piperidine rings is 1. The molecule has 2 N–H and O–H groups in total. The molecule has 0 bridgehead atoms. The predicted molar refractivity (Wildman–Crippen MR) is 105 cm³/mol. The van der Waals surface area contributed by atoms with Gasteiger partial charge in [0.25, 0.3) is 5.56 Å². The molecule has 1 fully saturated rings. The number of H-pyrrole nitrogens is 2. The zero-order valence-corrected chi connectivity index (χ0v) is 15.6. The Morgan fingerprint density at radius 2 is 2.15 bits per heavy atom. The smallest absolute Gasteiger partial charge is 0.255 e. The second-order valence-corrected chi connectivity index (χ2v) is 7.85. The lowest BCUT2D eigenvalue weighted by Gasteiger charge is -2.41. The number of aromatic amines is 2. The minimum atomic E-state index is -0.0832. The van der Waals surface area contributed by atoms with Gasteiger partial charge in [0, 0.05) is 44.4 Å². The first-order chi connectivity index (χ1) is 13.1. The number of hydrogen-bond acceptors (Lipinski definition) is 6. The van der Waals surface area contributed by atoms with Crippen LogP contribution in [0, 0.1) is 0 Å². The zero-order chi connectivity index (χ0) is 18.6. The van der Waals surface area contributed by atoms with Crippen molar-refractivity contribution in [3.05, 3.63) is 40.2 Å². The summed E-state index contributed by atoms with van der Waals surface area (Å²) in [6.45, 7) is 1.79. The van der Waals surface area contributed by atoms with E-state index in [0.29, 0.717) is 5.95 Å². The van der Waals surface area contributed by atoms with Gasteiger partial charge in [-0.15, -0.1) is 0 Å². The van der Waals surface area contributed by atoms with E-state index in [1.54, 1.807) is 6.33 Å². The third kappa shape index (κ3) is 2.43. The van der Waals surface area contributed by atoms with Crippen molar-refractivity contribution in [3.8, 4) is 0 Å². The highest BCUT2D eigenvalue weighted by atomic mass is 16.1. The second kappa shape index (κ2) is 5.80. The zero-order valence-electron chi connectivity index (χ0n) is 15.6.